The maximum Gasteiger partial charge on any atom is 0.171 e. The van der Waals surface area contributed by atoms with Gasteiger partial charge in [-0.15, -0.1) is 0 Å². The molecule has 6 heteroatoms. The zero-order valence-corrected chi connectivity index (χ0v) is 14.7. The second-order valence-electron chi connectivity index (χ2n) is 4.98. The van der Waals surface area contributed by atoms with Gasteiger partial charge < -0.3 is 19.5 Å². The summed E-state index contributed by atoms with van der Waals surface area (Å²) in [6, 6.07) is 3.66. The molecule has 0 spiro atoms. The Balaban J connectivity index is 2.27. The summed E-state index contributed by atoms with van der Waals surface area (Å²) in [5, 5.41) is 9.89. The molecule has 1 aliphatic rings. The minimum absolute atomic E-state index is 0.156. The van der Waals surface area contributed by atoms with Gasteiger partial charge in [-0.1, -0.05) is 12.2 Å². The second kappa shape index (κ2) is 6.44. The Morgan fingerprint density at radius 2 is 2.00 bits per heavy atom. The van der Waals surface area contributed by atoms with Crippen LogP contribution in [0.2, 0.25) is 0 Å². The molecule has 0 aliphatic carbocycles. The third-order valence-corrected chi connectivity index (χ3v) is 4.52. The van der Waals surface area contributed by atoms with E-state index >= 15 is 0 Å². The summed E-state index contributed by atoms with van der Waals surface area (Å²) in [7, 11) is 1.54. The number of ether oxygens (including phenoxy) is 2. The third-order valence-electron chi connectivity index (χ3n) is 3.20. The molecule has 1 fully saturated rings. The van der Waals surface area contributed by atoms with Crippen molar-refractivity contribution in [3.8, 4) is 11.5 Å². The zero-order chi connectivity index (χ0) is 14.9. The molecular formula is C14H18INO3S. The van der Waals surface area contributed by atoms with E-state index in [1.165, 1.54) is 7.11 Å². The molecular weight excluding hydrogens is 389 g/mol. The van der Waals surface area contributed by atoms with Crippen LogP contribution in [0.4, 0.5) is 0 Å². The van der Waals surface area contributed by atoms with E-state index in [9.17, 15) is 5.11 Å². The number of benzene rings is 1. The van der Waals surface area contributed by atoms with Crippen molar-refractivity contribution in [1.82, 2.24) is 4.90 Å². The standard InChI is InChI=1S/C14H18INO3S/c1-8-6-16(7-9(2)19-8)14(20)10-4-11(15)13(17)12(5-10)18-3/h4-5,8-9,17H,6-7H2,1-3H3/t8-,9-/m0/s1. The number of nitrogens with zero attached hydrogens (tertiary/aromatic N) is 1. The molecule has 20 heavy (non-hydrogen) atoms. The lowest BCUT2D eigenvalue weighted by atomic mass is 10.1. The Morgan fingerprint density at radius 3 is 2.55 bits per heavy atom. The van der Waals surface area contributed by atoms with E-state index < -0.39 is 0 Å². The van der Waals surface area contributed by atoms with E-state index in [1.54, 1.807) is 6.07 Å². The Morgan fingerprint density at radius 1 is 1.40 bits per heavy atom. The van der Waals surface area contributed by atoms with Crippen LogP contribution in [-0.2, 0) is 4.74 Å². The molecule has 1 aliphatic heterocycles. The normalized spacial score (nSPS) is 22.7. The Bertz CT molecular complexity index is 513. The van der Waals surface area contributed by atoms with E-state index in [0.717, 1.165) is 27.2 Å². The molecule has 4 nitrogen and oxygen atoms in total. The number of phenolic OH excluding ortho intramolecular Hbond substituents is 1. The number of thiocarbonyl (C=S) groups is 1. The highest BCUT2D eigenvalue weighted by molar-refractivity contribution is 14.1. The molecule has 1 aromatic carbocycles. The molecule has 1 saturated heterocycles. The summed E-state index contributed by atoms with van der Waals surface area (Å²) in [4.78, 5) is 2.92. The molecule has 0 saturated carbocycles. The molecule has 0 radical (unpaired) electrons. The van der Waals surface area contributed by atoms with Gasteiger partial charge in [-0.2, -0.15) is 0 Å². The lowest BCUT2D eigenvalue weighted by molar-refractivity contribution is -0.0472. The Hall–Kier alpha value is -0.600. The third kappa shape index (κ3) is 3.35. The van der Waals surface area contributed by atoms with Crippen molar-refractivity contribution in [2.75, 3.05) is 20.2 Å². The highest BCUT2D eigenvalue weighted by atomic mass is 127. The fourth-order valence-electron chi connectivity index (χ4n) is 2.38. The summed E-state index contributed by atoms with van der Waals surface area (Å²) >= 11 is 7.67. The molecule has 1 heterocycles. The number of halogens is 1. The van der Waals surface area contributed by atoms with Crippen LogP contribution in [0.15, 0.2) is 12.1 Å². The SMILES string of the molecule is COc1cc(C(=S)N2C[C@H](C)O[C@@H](C)C2)cc(I)c1O. The molecule has 1 N–H and O–H groups in total. The van der Waals surface area contributed by atoms with Crippen LogP contribution in [0.5, 0.6) is 11.5 Å². The molecule has 0 bridgehead atoms. The molecule has 1 aromatic rings. The van der Waals surface area contributed by atoms with Gasteiger partial charge in [0.15, 0.2) is 11.5 Å². The Kier molecular flexibility index (Phi) is 5.09. The van der Waals surface area contributed by atoms with Crippen LogP contribution in [-0.4, -0.2) is 47.4 Å². The maximum absolute atomic E-state index is 9.89. The van der Waals surface area contributed by atoms with Gasteiger partial charge in [-0.05, 0) is 48.6 Å². The van der Waals surface area contributed by atoms with Crippen LogP contribution in [0.25, 0.3) is 0 Å². The molecule has 2 rings (SSSR count). The first-order chi connectivity index (χ1) is 9.42. The topological polar surface area (TPSA) is 41.9 Å². The van der Waals surface area contributed by atoms with Crippen LogP contribution in [0.1, 0.15) is 19.4 Å². The van der Waals surface area contributed by atoms with Gasteiger partial charge in [0.25, 0.3) is 0 Å². The monoisotopic (exact) mass is 407 g/mol. The van der Waals surface area contributed by atoms with Crippen LogP contribution < -0.4 is 4.74 Å². The van der Waals surface area contributed by atoms with E-state index in [0.29, 0.717) is 5.75 Å². The molecule has 110 valence electrons. The number of aromatic hydroxyl groups is 1. The zero-order valence-electron chi connectivity index (χ0n) is 11.7. The van der Waals surface area contributed by atoms with Crippen molar-refractivity contribution in [1.29, 1.82) is 0 Å². The highest BCUT2D eigenvalue weighted by Crippen LogP contribution is 2.33. The van der Waals surface area contributed by atoms with Crippen molar-refractivity contribution in [2.24, 2.45) is 0 Å². The van der Waals surface area contributed by atoms with Gasteiger partial charge in [0.2, 0.25) is 0 Å². The molecule has 0 amide bonds. The van der Waals surface area contributed by atoms with Gasteiger partial charge in [0, 0.05) is 18.7 Å². The number of hydrogen-bond donors (Lipinski definition) is 1. The van der Waals surface area contributed by atoms with Crippen molar-refractivity contribution >= 4 is 39.8 Å². The lowest BCUT2D eigenvalue weighted by Gasteiger charge is -2.37. The number of hydrogen-bond acceptors (Lipinski definition) is 4. The fraction of sp³-hybridized carbons (Fsp3) is 0.500. The van der Waals surface area contributed by atoms with Crippen molar-refractivity contribution in [3.05, 3.63) is 21.3 Å². The largest absolute Gasteiger partial charge is 0.504 e. The molecule has 0 aromatic heterocycles. The predicted molar refractivity (Wildman–Crippen MR) is 90.7 cm³/mol. The van der Waals surface area contributed by atoms with Crippen LogP contribution in [0, 0.1) is 3.57 Å². The molecule has 2 atom stereocenters. The van der Waals surface area contributed by atoms with Crippen molar-refractivity contribution in [2.45, 2.75) is 26.1 Å². The minimum Gasteiger partial charge on any atom is -0.504 e. The minimum atomic E-state index is 0.156. The highest BCUT2D eigenvalue weighted by Gasteiger charge is 2.25. The van der Waals surface area contributed by atoms with Crippen LogP contribution >= 0.6 is 34.8 Å². The summed E-state index contributed by atoms with van der Waals surface area (Å²) in [5.74, 6) is 0.604. The number of phenols is 1. The second-order valence-corrected chi connectivity index (χ2v) is 6.53. The summed E-state index contributed by atoms with van der Waals surface area (Å²) in [6.07, 6.45) is 0.324. The van der Waals surface area contributed by atoms with Crippen LogP contribution in [0.3, 0.4) is 0 Å². The van der Waals surface area contributed by atoms with E-state index in [2.05, 4.69) is 27.5 Å². The van der Waals surface area contributed by atoms with Crippen molar-refractivity contribution in [3.63, 3.8) is 0 Å². The average molecular weight is 407 g/mol. The first-order valence-corrected chi connectivity index (χ1v) is 7.92. The summed E-state index contributed by atoms with van der Waals surface area (Å²) in [6.45, 7) is 5.66. The first kappa shape index (κ1) is 15.8. The average Bonchev–Trinajstić information content (AvgIpc) is 2.39. The van der Waals surface area contributed by atoms with Gasteiger partial charge in [-0.25, -0.2) is 0 Å². The smallest absolute Gasteiger partial charge is 0.171 e. The van der Waals surface area contributed by atoms with Gasteiger partial charge in [0.05, 0.1) is 22.9 Å². The number of rotatable bonds is 2. The van der Waals surface area contributed by atoms with Gasteiger partial charge in [0.1, 0.15) is 4.99 Å². The summed E-state index contributed by atoms with van der Waals surface area (Å²) < 4.78 is 11.6. The van der Waals surface area contributed by atoms with E-state index in [-0.39, 0.29) is 18.0 Å². The van der Waals surface area contributed by atoms with E-state index in [4.69, 9.17) is 21.7 Å². The number of morpholine rings is 1. The van der Waals surface area contributed by atoms with Gasteiger partial charge in [-0.3, -0.25) is 0 Å². The maximum atomic E-state index is 9.89. The first-order valence-electron chi connectivity index (χ1n) is 6.43. The lowest BCUT2D eigenvalue weighted by Crippen LogP contribution is -2.47. The van der Waals surface area contributed by atoms with E-state index in [1.807, 2.05) is 19.9 Å². The molecule has 0 unspecified atom stereocenters. The summed E-state index contributed by atoms with van der Waals surface area (Å²) in [5.41, 5.74) is 0.889. The Labute approximate surface area is 138 Å². The van der Waals surface area contributed by atoms with Crippen molar-refractivity contribution < 1.29 is 14.6 Å². The fourth-order valence-corrected chi connectivity index (χ4v) is 3.25. The predicted octanol–water partition coefficient (Wildman–Crippen LogP) is 2.79. The number of methoxy groups -OCH3 is 1. The quantitative estimate of drug-likeness (QED) is 0.604. The van der Waals surface area contributed by atoms with Gasteiger partial charge >= 0.3 is 0 Å².